The van der Waals surface area contributed by atoms with Gasteiger partial charge in [0.1, 0.15) is 23.1 Å². The van der Waals surface area contributed by atoms with Gasteiger partial charge in [0, 0.05) is 23.7 Å². The Hall–Kier alpha value is -5.45. The molecule has 0 bridgehead atoms. The maximum absolute atomic E-state index is 13.9. The number of benzene rings is 4. The third kappa shape index (κ3) is 6.81. The zero-order valence-corrected chi connectivity index (χ0v) is 22.8. The molecule has 214 valence electrons. The Morgan fingerprint density at radius 2 is 1.50 bits per heavy atom. The summed E-state index contributed by atoms with van der Waals surface area (Å²) in [6.45, 7) is 0.366. The van der Waals surface area contributed by atoms with Gasteiger partial charge >= 0.3 is 12.0 Å². The molecule has 5 aromatic rings. The van der Waals surface area contributed by atoms with Crippen LogP contribution in [0.5, 0.6) is 17.5 Å². The quantitative estimate of drug-likeness (QED) is 0.199. The summed E-state index contributed by atoms with van der Waals surface area (Å²) in [5.41, 5.74) is 2.84. The predicted molar refractivity (Wildman–Crippen MR) is 155 cm³/mol. The highest BCUT2D eigenvalue weighted by molar-refractivity contribution is 5.99. The van der Waals surface area contributed by atoms with Crippen LogP contribution in [0, 0.1) is 11.6 Å². The van der Waals surface area contributed by atoms with Gasteiger partial charge in [-0.05, 0) is 78.4 Å². The number of hydrogen-bond donors (Lipinski definition) is 2. The number of rotatable bonds is 10. The fourth-order valence-electron chi connectivity index (χ4n) is 4.08. The van der Waals surface area contributed by atoms with Crippen LogP contribution in [0.15, 0.2) is 91.0 Å². The number of carbonyl (C=O) groups excluding carboxylic acids is 1. The molecule has 0 saturated carbocycles. The number of anilines is 2. The van der Waals surface area contributed by atoms with Crippen LogP contribution < -0.4 is 24.8 Å². The minimum absolute atomic E-state index is 0.142. The predicted octanol–water partition coefficient (Wildman–Crippen LogP) is 6.50. The molecule has 0 aliphatic carbocycles. The van der Waals surface area contributed by atoms with Gasteiger partial charge in [0.25, 0.3) is 0 Å². The first-order chi connectivity index (χ1) is 20.4. The molecule has 0 saturated heterocycles. The van der Waals surface area contributed by atoms with Crippen LogP contribution in [0.25, 0.3) is 17.1 Å². The summed E-state index contributed by atoms with van der Waals surface area (Å²) in [7, 11) is 3.22. The Morgan fingerprint density at radius 1 is 0.833 bits per heavy atom. The largest absolute Gasteiger partial charge is 0.497 e. The number of amides is 2. The molecule has 2 N–H and O–H groups in total. The lowest BCUT2D eigenvalue weighted by Crippen LogP contribution is -2.20. The van der Waals surface area contributed by atoms with Crippen molar-refractivity contribution in [3.8, 4) is 34.6 Å². The van der Waals surface area contributed by atoms with Crippen LogP contribution in [0.3, 0.4) is 0 Å². The van der Waals surface area contributed by atoms with E-state index in [-0.39, 0.29) is 11.7 Å². The molecule has 5 rings (SSSR count). The van der Waals surface area contributed by atoms with Gasteiger partial charge in [-0.3, -0.25) is 0 Å². The molecule has 0 fully saturated rings. The second-order valence-electron chi connectivity index (χ2n) is 9.05. The van der Waals surface area contributed by atoms with Gasteiger partial charge in [0.2, 0.25) is 0 Å². The van der Waals surface area contributed by atoms with Crippen molar-refractivity contribution in [2.75, 3.05) is 31.5 Å². The molecule has 9 nitrogen and oxygen atoms in total. The van der Waals surface area contributed by atoms with Gasteiger partial charge in [0.05, 0.1) is 32.2 Å². The van der Waals surface area contributed by atoms with Crippen LogP contribution in [0.2, 0.25) is 0 Å². The molecule has 0 unspecified atom stereocenters. The lowest BCUT2D eigenvalue weighted by Gasteiger charge is -2.10. The van der Waals surface area contributed by atoms with Crippen molar-refractivity contribution in [3.05, 3.63) is 108 Å². The van der Waals surface area contributed by atoms with E-state index in [2.05, 4.69) is 20.7 Å². The SMILES string of the molecule is COc1ccc(CCOc2nc(-c3ccc(OC)cc3)n(-c3ccc(NC(=O)Nc4ccc(F)cc4F)cc3)n2)cc1. The standard InChI is InChI=1S/C31H27F2N5O4/c1-40-25-12-3-20(4-13-25)17-18-42-31-36-29(21-5-14-26(41-2)15-6-21)38(37-31)24-10-8-23(9-11-24)34-30(39)35-28-16-7-22(32)19-27(28)33/h3-16,19H,17-18H2,1-2H3,(H2,34,35,39). The van der Waals surface area contributed by atoms with Crippen molar-refractivity contribution < 1.29 is 27.8 Å². The Bertz CT molecular complexity index is 1660. The molecule has 0 spiro atoms. The maximum atomic E-state index is 13.9. The number of nitrogens with one attached hydrogen (secondary N) is 2. The van der Waals surface area contributed by atoms with Crippen molar-refractivity contribution in [2.24, 2.45) is 0 Å². The summed E-state index contributed by atoms with van der Waals surface area (Å²) in [6.07, 6.45) is 0.653. The number of methoxy groups -OCH3 is 2. The number of nitrogens with zero attached hydrogens (tertiary/aromatic N) is 3. The summed E-state index contributed by atoms with van der Waals surface area (Å²) >= 11 is 0. The molecule has 1 heterocycles. The van der Waals surface area contributed by atoms with E-state index in [0.29, 0.717) is 42.0 Å². The van der Waals surface area contributed by atoms with Gasteiger partial charge in [-0.2, -0.15) is 4.98 Å². The highest BCUT2D eigenvalue weighted by atomic mass is 19.1. The smallest absolute Gasteiger partial charge is 0.336 e. The Morgan fingerprint density at radius 3 is 2.14 bits per heavy atom. The number of hydrogen-bond acceptors (Lipinski definition) is 6. The fraction of sp³-hybridized carbons (Fsp3) is 0.129. The minimum atomic E-state index is -0.875. The topological polar surface area (TPSA) is 99.5 Å². The fourth-order valence-corrected chi connectivity index (χ4v) is 4.08. The molecular formula is C31H27F2N5O4. The van der Waals surface area contributed by atoms with Crippen LogP contribution in [-0.4, -0.2) is 41.6 Å². The first-order valence-corrected chi connectivity index (χ1v) is 12.9. The van der Waals surface area contributed by atoms with Crippen molar-refractivity contribution in [2.45, 2.75) is 6.42 Å². The Balaban J connectivity index is 1.32. The van der Waals surface area contributed by atoms with E-state index >= 15 is 0 Å². The summed E-state index contributed by atoms with van der Waals surface area (Å²) in [6, 6.07) is 24.4. The summed E-state index contributed by atoms with van der Waals surface area (Å²) in [5.74, 6) is 0.423. The molecule has 42 heavy (non-hydrogen) atoms. The normalized spacial score (nSPS) is 10.7. The number of ether oxygens (including phenoxy) is 3. The average Bonchev–Trinajstić information content (AvgIpc) is 3.43. The molecule has 2 amide bonds. The molecule has 4 aromatic carbocycles. The van der Waals surface area contributed by atoms with E-state index in [4.69, 9.17) is 14.2 Å². The summed E-state index contributed by atoms with van der Waals surface area (Å²) < 4.78 is 45.1. The van der Waals surface area contributed by atoms with E-state index in [0.717, 1.165) is 29.0 Å². The molecular weight excluding hydrogens is 544 g/mol. The van der Waals surface area contributed by atoms with Gasteiger partial charge in [-0.25, -0.2) is 18.3 Å². The zero-order valence-electron chi connectivity index (χ0n) is 22.8. The number of urea groups is 1. The molecule has 0 radical (unpaired) electrons. The number of halogens is 2. The average molecular weight is 572 g/mol. The second-order valence-corrected chi connectivity index (χ2v) is 9.05. The third-order valence-electron chi connectivity index (χ3n) is 6.27. The molecule has 0 atom stereocenters. The van der Waals surface area contributed by atoms with Crippen LogP contribution in [0.1, 0.15) is 5.56 Å². The Kier molecular flexibility index (Phi) is 8.57. The van der Waals surface area contributed by atoms with Crippen molar-refractivity contribution in [1.29, 1.82) is 0 Å². The molecule has 1 aromatic heterocycles. The zero-order chi connectivity index (χ0) is 29.5. The highest BCUT2D eigenvalue weighted by Crippen LogP contribution is 2.26. The first kappa shape index (κ1) is 28.1. The first-order valence-electron chi connectivity index (χ1n) is 12.9. The lowest BCUT2D eigenvalue weighted by atomic mass is 10.1. The van der Waals surface area contributed by atoms with Crippen molar-refractivity contribution in [3.63, 3.8) is 0 Å². The minimum Gasteiger partial charge on any atom is -0.497 e. The summed E-state index contributed by atoms with van der Waals surface area (Å²) in [4.78, 5) is 17.0. The molecule has 0 aliphatic heterocycles. The van der Waals surface area contributed by atoms with E-state index in [1.807, 2.05) is 48.5 Å². The van der Waals surface area contributed by atoms with Crippen LogP contribution in [0.4, 0.5) is 25.0 Å². The second kappa shape index (κ2) is 12.8. The van der Waals surface area contributed by atoms with Crippen molar-refractivity contribution in [1.82, 2.24) is 14.8 Å². The van der Waals surface area contributed by atoms with E-state index in [1.54, 1.807) is 43.2 Å². The van der Waals surface area contributed by atoms with E-state index < -0.39 is 17.7 Å². The number of aromatic nitrogens is 3. The van der Waals surface area contributed by atoms with Crippen molar-refractivity contribution >= 4 is 17.4 Å². The van der Waals surface area contributed by atoms with Crippen LogP contribution >= 0.6 is 0 Å². The highest BCUT2D eigenvalue weighted by Gasteiger charge is 2.16. The van der Waals surface area contributed by atoms with Gasteiger partial charge in [0.15, 0.2) is 5.82 Å². The van der Waals surface area contributed by atoms with Gasteiger partial charge in [-0.15, -0.1) is 5.10 Å². The van der Waals surface area contributed by atoms with E-state index in [9.17, 15) is 13.6 Å². The summed E-state index contributed by atoms with van der Waals surface area (Å²) in [5, 5.41) is 9.57. The maximum Gasteiger partial charge on any atom is 0.336 e. The Labute approximate surface area is 240 Å². The van der Waals surface area contributed by atoms with Gasteiger partial charge < -0.3 is 24.8 Å². The van der Waals surface area contributed by atoms with Gasteiger partial charge in [-0.1, -0.05) is 12.1 Å². The third-order valence-corrected chi connectivity index (χ3v) is 6.27. The lowest BCUT2D eigenvalue weighted by molar-refractivity contribution is 0.262. The monoisotopic (exact) mass is 571 g/mol. The van der Waals surface area contributed by atoms with E-state index in [1.165, 1.54) is 0 Å². The number of carbonyl (C=O) groups is 1. The molecule has 11 heteroatoms. The van der Waals surface area contributed by atoms with Crippen LogP contribution in [-0.2, 0) is 6.42 Å². The molecule has 0 aliphatic rings.